The summed E-state index contributed by atoms with van der Waals surface area (Å²) in [6, 6.07) is 3.83. The predicted molar refractivity (Wildman–Crippen MR) is 42.2 cm³/mol. The zero-order valence-electron chi connectivity index (χ0n) is 6.49. The molecule has 0 bridgehead atoms. The maximum Gasteiger partial charge on any atom is 0.101 e. The average Bonchev–Trinajstić information content (AvgIpc) is 2.47. The van der Waals surface area contributed by atoms with Crippen LogP contribution in [0.5, 0.6) is 0 Å². The van der Waals surface area contributed by atoms with Crippen molar-refractivity contribution in [2.45, 2.75) is 18.9 Å². The van der Waals surface area contributed by atoms with Gasteiger partial charge in [0, 0.05) is 6.20 Å². The summed E-state index contributed by atoms with van der Waals surface area (Å²) < 4.78 is 0. The lowest BCUT2D eigenvalue weighted by molar-refractivity contribution is 0.176. The Kier molecular flexibility index (Phi) is 1.56. The molecular formula is C9H8N2O. The second-order valence-electron chi connectivity index (χ2n) is 2.93. The highest BCUT2D eigenvalue weighted by Gasteiger charge is 2.21. The molecule has 3 nitrogen and oxygen atoms in total. The van der Waals surface area contributed by atoms with Gasteiger partial charge in [-0.2, -0.15) is 5.26 Å². The van der Waals surface area contributed by atoms with Crippen molar-refractivity contribution in [2.24, 2.45) is 0 Å². The van der Waals surface area contributed by atoms with Crippen LogP contribution in [0.4, 0.5) is 0 Å². The van der Waals surface area contributed by atoms with E-state index in [1.165, 1.54) is 6.20 Å². The quantitative estimate of drug-likeness (QED) is 0.614. The number of rotatable bonds is 0. The minimum atomic E-state index is -0.423. The molecule has 0 fully saturated rings. The first-order valence-corrected chi connectivity index (χ1v) is 3.88. The molecule has 60 valence electrons. The first-order chi connectivity index (χ1) is 5.81. The lowest BCUT2D eigenvalue weighted by Gasteiger charge is -2.00. The van der Waals surface area contributed by atoms with Crippen LogP contribution in [0, 0.1) is 11.3 Å². The van der Waals surface area contributed by atoms with E-state index < -0.39 is 6.10 Å². The summed E-state index contributed by atoms with van der Waals surface area (Å²) in [5, 5.41) is 18.0. The van der Waals surface area contributed by atoms with Crippen molar-refractivity contribution in [1.29, 1.82) is 5.26 Å². The van der Waals surface area contributed by atoms with Crippen LogP contribution in [0.2, 0.25) is 0 Å². The van der Waals surface area contributed by atoms with E-state index in [9.17, 15) is 5.11 Å². The average molecular weight is 160 g/mol. The maximum atomic E-state index is 9.40. The molecule has 1 N–H and O–H groups in total. The summed E-state index contributed by atoms with van der Waals surface area (Å²) in [5.74, 6) is 0. The molecule has 1 aromatic rings. The minimum absolute atomic E-state index is 0.423. The van der Waals surface area contributed by atoms with Gasteiger partial charge in [0.05, 0.1) is 17.4 Å². The Morgan fingerprint density at radius 1 is 1.67 bits per heavy atom. The molecule has 0 saturated carbocycles. The fourth-order valence-electron chi connectivity index (χ4n) is 1.51. The summed E-state index contributed by atoms with van der Waals surface area (Å²) >= 11 is 0. The van der Waals surface area contributed by atoms with Gasteiger partial charge < -0.3 is 5.11 Å². The number of aromatic nitrogens is 1. The number of fused-ring (bicyclic) bond motifs is 1. The Bertz CT molecular complexity index is 354. The van der Waals surface area contributed by atoms with Crippen molar-refractivity contribution in [3.05, 3.63) is 29.1 Å². The van der Waals surface area contributed by atoms with Crippen LogP contribution in [-0.2, 0) is 6.42 Å². The fraction of sp³-hybridized carbons (Fsp3) is 0.333. The van der Waals surface area contributed by atoms with Crippen molar-refractivity contribution in [3.63, 3.8) is 0 Å². The lowest BCUT2D eigenvalue weighted by Crippen LogP contribution is -1.94. The fourth-order valence-corrected chi connectivity index (χ4v) is 1.51. The molecule has 1 aliphatic rings. The Morgan fingerprint density at radius 2 is 2.50 bits per heavy atom. The van der Waals surface area contributed by atoms with E-state index in [1.807, 2.05) is 6.07 Å². The number of hydrogen-bond acceptors (Lipinski definition) is 3. The van der Waals surface area contributed by atoms with Crippen LogP contribution in [0.3, 0.4) is 0 Å². The Balaban J connectivity index is 2.50. The highest BCUT2D eigenvalue weighted by Crippen LogP contribution is 2.28. The number of aryl methyl sites for hydroxylation is 1. The van der Waals surface area contributed by atoms with Gasteiger partial charge in [-0.3, -0.25) is 4.98 Å². The van der Waals surface area contributed by atoms with Gasteiger partial charge >= 0.3 is 0 Å². The van der Waals surface area contributed by atoms with Gasteiger partial charge in [-0.25, -0.2) is 0 Å². The Morgan fingerprint density at radius 3 is 3.25 bits per heavy atom. The number of hydrogen-bond donors (Lipinski definition) is 1. The van der Waals surface area contributed by atoms with Gasteiger partial charge in [-0.05, 0) is 24.5 Å². The number of nitrogens with zero attached hydrogens (tertiary/aromatic N) is 2. The van der Waals surface area contributed by atoms with Crippen molar-refractivity contribution in [3.8, 4) is 6.07 Å². The van der Waals surface area contributed by atoms with E-state index in [0.717, 1.165) is 24.1 Å². The van der Waals surface area contributed by atoms with Crippen LogP contribution in [0.1, 0.15) is 29.3 Å². The molecule has 1 atom stereocenters. The first kappa shape index (κ1) is 7.26. The van der Waals surface area contributed by atoms with Crippen molar-refractivity contribution >= 4 is 0 Å². The first-order valence-electron chi connectivity index (χ1n) is 3.88. The van der Waals surface area contributed by atoms with Gasteiger partial charge in [-0.15, -0.1) is 0 Å². The zero-order chi connectivity index (χ0) is 8.55. The zero-order valence-corrected chi connectivity index (χ0v) is 6.49. The molecule has 0 radical (unpaired) electrons. The van der Waals surface area contributed by atoms with Gasteiger partial charge in [0.25, 0.3) is 0 Å². The van der Waals surface area contributed by atoms with E-state index in [1.54, 1.807) is 6.07 Å². The lowest BCUT2D eigenvalue weighted by atomic mass is 10.2. The van der Waals surface area contributed by atoms with E-state index in [0.29, 0.717) is 5.56 Å². The van der Waals surface area contributed by atoms with Crippen LogP contribution < -0.4 is 0 Å². The van der Waals surface area contributed by atoms with E-state index in [-0.39, 0.29) is 0 Å². The number of pyridine rings is 1. The molecule has 0 unspecified atom stereocenters. The third kappa shape index (κ3) is 0.973. The SMILES string of the molecule is N#Cc1cnc2c(c1)CC[C@@H]2O. The third-order valence-corrected chi connectivity index (χ3v) is 2.13. The predicted octanol–water partition coefficient (Wildman–Crippen LogP) is 0.933. The smallest absolute Gasteiger partial charge is 0.101 e. The van der Waals surface area contributed by atoms with Crippen LogP contribution in [0.15, 0.2) is 12.3 Å². The van der Waals surface area contributed by atoms with E-state index in [4.69, 9.17) is 5.26 Å². The third-order valence-electron chi connectivity index (χ3n) is 2.13. The molecule has 3 heteroatoms. The maximum absolute atomic E-state index is 9.40. The molecule has 0 spiro atoms. The summed E-state index contributed by atoms with van der Waals surface area (Å²) in [6.07, 6.45) is 2.65. The van der Waals surface area contributed by atoms with Gasteiger partial charge in [-0.1, -0.05) is 0 Å². The second-order valence-corrected chi connectivity index (χ2v) is 2.93. The molecule has 1 heterocycles. The van der Waals surface area contributed by atoms with Gasteiger partial charge in [0.15, 0.2) is 0 Å². The summed E-state index contributed by atoms with van der Waals surface area (Å²) in [4.78, 5) is 4.04. The molecular weight excluding hydrogens is 152 g/mol. The minimum Gasteiger partial charge on any atom is -0.387 e. The molecule has 2 rings (SSSR count). The van der Waals surface area contributed by atoms with Crippen molar-refractivity contribution < 1.29 is 5.11 Å². The molecule has 1 aromatic heterocycles. The Hall–Kier alpha value is -1.40. The van der Waals surface area contributed by atoms with Crippen molar-refractivity contribution in [1.82, 2.24) is 4.98 Å². The van der Waals surface area contributed by atoms with Crippen molar-refractivity contribution in [2.75, 3.05) is 0 Å². The molecule has 0 aromatic carbocycles. The second kappa shape index (κ2) is 2.58. The molecule has 1 aliphatic carbocycles. The molecule has 0 saturated heterocycles. The summed E-state index contributed by atoms with van der Waals surface area (Å²) in [5.41, 5.74) is 2.33. The van der Waals surface area contributed by atoms with Crippen LogP contribution in [0.25, 0.3) is 0 Å². The van der Waals surface area contributed by atoms with E-state index in [2.05, 4.69) is 4.98 Å². The van der Waals surface area contributed by atoms with Crippen LogP contribution in [-0.4, -0.2) is 10.1 Å². The molecule has 0 aliphatic heterocycles. The van der Waals surface area contributed by atoms with E-state index >= 15 is 0 Å². The molecule has 12 heavy (non-hydrogen) atoms. The standard InChI is InChI=1S/C9H8N2O/c10-4-6-3-7-1-2-8(12)9(7)11-5-6/h3,5,8,12H,1-2H2/t8-/m0/s1. The summed E-state index contributed by atoms with van der Waals surface area (Å²) in [6.45, 7) is 0. The summed E-state index contributed by atoms with van der Waals surface area (Å²) in [7, 11) is 0. The highest BCUT2D eigenvalue weighted by molar-refractivity contribution is 5.36. The number of aliphatic hydroxyl groups is 1. The van der Waals surface area contributed by atoms with Crippen LogP contribution >= 0.6 is 0 Å². The highest BCUT2D eigenvalue weighted by atomic mass is 16.3. The number of aliphatic hydroxyl groups excluding tert-OH is 1. The number of nitriles is 1. The normalized spacial score (nSPS) is 20.2. The topological polar surface area (TPSA) is 56.9 Å². The largest absolute Gasteiger partial charge is 0.387 e. The molecule has 0 amide bonds. The Labute approximate surface area is 70.3 Å². The van der Waals surface area contributed by atoms with Gasteiger partial charge in [0.2, 0.25) is 0 Å². The monoisotopic (exact) mass is 160 g/mol. The van der Waals surface area contributed by atoms with Gasteiger partial charge in [0.1, 0.15) is 6.07 Å².